The van der Waals surface area contributed by atoms with Crippen LogP contribution in [0.4, 0.5) is 0 Å². The molecule has 5 heteroatoms. The molecular weight excluding hydrogens is 318 g/mol. The minimum atomic E-state index is 0.215. The SMILES string of the molecule is CNC(Cc1cc(Br)ccc1OC)c1cnn(C)c1C. The number of aromatic nitrogens is 2. The van der Waals surface area contributed by atoms with Gasteiger partial charge in [-0.2, -0.15) is 5.10 Å². The fourth-order valence-corrected chi connectivity index (χ4v) is 2.76. The maximum atomic E-state index is 5.45. The third kappa shape index (κ3) is 3.04. The lowest BCUT2D eigenvalue weighted by atomic mass is 9.99. The van der Waals surface area contributed by atoms with Crippen LogP contribution in [-0.2, 0) is 13.5 Å². The summed E-state index contributed by atoms with van der Waals surface area (Å²) in [6, 6.07) is 6.30. The molecule has 2 rings (SSSR count). The number of methoxy groups -OCH3 is 1. The summed E-state index contributed by atoms with van der Waals surface area (Å²) >= 11 is 3.52. The minimum Gasteiger partial charge on any atom is -0.496 e. The van der Waals surface area contributed by atoms with Crippen molar-refractivity contribution < 1.29 is 4.74 Å². The van der Waals surface area contributed by atoms with Gasteiger partial charge in [0.05, 0.1) is 13.3 Å². The first-order valence-electron chi connectivity index (χ1n) is 6.55. The van der Waals surface area contributed by atoms with Crippen LogP contribution in [-0.4, -0.2) is 23.9 Å². The number of ether oxygens (including phenoxy) is 1. The summed E-state index contributed by atoms with van der Waals surface area (Å²) < 4.78 is 8.41. The van der Waals surface area contributed by atoms with E-state index in [-0.39, 0.29) is 6.04 Å². The van der Waals surface area contributed by atoms with Gasteiger partial charge in [0.15, 0.2) is 0 Å². The number of halogens is 1. The highest BCUT2D eigenvalue weighted by Gasteiger charge is 2.17. The van der Waals surface area contributed by atoms with E-state index in [9.17, 15) is 0 Å². The molecule has 0 spiro atoms. The van der Waals surface area contributed by atoms with Crippen molar-refractivity contribution in [1.29, 1.82) is 0 Å². The van der Waals surface area contributed by atoms with E-state index in [1.54, 1.807) is 7.11 Å². The van der Waals surface area contributed by atoms with Gasteiger partial charge in [0, 0.05) is 28.8 Å². The molecule has 108 valence electrons. The Labute approximate surface area is 128 Å². The number of aryl methyl sites for hydroxylation is 1. The maximum Gasteiger partial charge on any atom is 0.122 e. The molecule has 1 aromatic heterocycles. The summed E-state index contributed by atoms with van der Waals surface area (Å²) in [5.74, 6) is 0.912. The van der Waals surface area contributed by atoms with Gasteiger partial charge < -0.3 is 10.1 Å². The van der Waals surface area contributed by atoms with Gasteiger partial charge in [0.1, 0.15) is 5.75 Å². The van der Waals surface area contributed by atoms with Gasteiger partial charge in [-0.3, -0.25) is 4.68 Å². The van der Waals surface area contributed by atoms with Crippen LogP contribution in [0.15, 0.2) is 28.9 Å². The van der Waals surface area contributed by atoms with Crippen LogP contribution in [0.5, 0.6) is 5.75 Å². The van der Waals surface area contributed by atoms with Crippen molar-refractivity contribution in [3.63, 3.8) is 0 Å². The fraction of sp³-hybridized carbons (Fsp3) is 0.400. The first-order chi connectivity index (χ1) is 9.56. The Balaban J connectivity index is 2.31. The first-order valence-corrected chi connectivity index (χ1v) is 7.34. The Morgan fingerprint density at radius 1 is 1.45 bits per heavy atom. The Morgan fingerprint density at radius 2 is 2.20 bits per heavy atom. The number of likely N-dealkylation sites (N-methyl/N-ethyl adjacent to an activating group) is 1. The lowest BCUT2D eigenvalue weighted by molar-refractivity contribution is 0.406. The molecule has 1 N–H and O–H groups in total. The largest absolute Gasteiger partial charge is 0.496 e. The van der Waals surface area contributed by atoms with Crippen LogP contribution in [0.2, 0.25) is 0 Å². The van der Waals surface area contributed by atoms with Gasteiger partial charge in [-0.15, -0.1) is 0 Å². The van der Waals surface area contributed by atoms with E-state index in [0.717, 1.165) is 16.6 Å². The average molecular weight is 338 g/mol. The number of nitrogens with zero attached hydrogens (tertiary/aromatic N) is 2. The lowest BCUT2D eigenvalue weighted by Crippen LogP contribution is -2.19. The molecule has 0 amide bonds. The molecule has 0 saturated carbocycles. The van der Waals surface area contributed by atoms with Gasteiger partial charge in [-0.25, -0.2) is 0 Å². The molecule has 0 aliphatic carbocycles. The van der Waals surface area contributed by atoms with Crippen molar-refractivity contribution in [3.05, 3.63) is 45.7 Å². The number of nitrogens with one attached hydrogen (secondary N) is 1. The van der Waals surface area contributed by atoms with Crippen LogP contribution in [0, 0.1) is 6.92 Å². The topological polar surface area (TPSA) is 39.1 Å². The van der Waals surface area contributed by atoms with E-state index in [4.69, 9.17) is 4.74 Å². The Hall–Kier alpha value is -1.33. The zero-order chi connectivity index (χ0) is 14.7. The van der Waals surface area contributed by atoms with E-state index in [1.165, 1.54) is 16.8 Å². The molecule has 0 fully saturated rings. The van der Waals surface area contributed by atoms with Crippen molar-refractivity contribution in [1.82, 2.24) is 15.1 Å². The fourth-order valence-electron chi connectivity index (χ4n) is 2.35. The second-order valence-corrected chi connectivity index (χ2v) is 5.73. The number of hydrogen-bond donors (Lipinski definition) is 1. The Kier molecular flexibility index (Phi) is 4.83. The molecule has 0 aliphatic rings. The molecule has 0 aliphatic heterocycles. The molecular formula is C15H20BrN3O. The normalized spacial score (nSPS) is 12.4. The van der Waals surface area contributed by atoms with Gasteiger partial charge in [0.2, 0.25) is 0 Å². The van der Waals surface area contributed by atoms with Crippen molar-refractivity contribution >= 4 is 15.9 Å². The van der Waals surface area contributed by atoms with Crippen LogP contribution < -0.4 is 10.1 Å². The molecule has 0 radical (unpaired) electrons. The third-order valence-corrected chi connectivity index (χ3v) is 4.16. The number of rotatable bonds is 5. The van der Waals surface area contributed by atoms with Crippen molar-refractivity contribution in [3.8, 4) is 5.75 Å². The van der Waals surface area contributed by atoms with E-state index in [2.05, 4.69) is 39.3 Å². The highest BCUT2D eigenvalue weighted by Crippen LogP contribution is 2.28. The summed E-state index contributed by atoms with van der Waals surface area (Å²) in [6.45, 7) is 2.09. The standard InChI is InChI=1S/C15H20BrN3O/c1-10-13(9-18-19(10)3)14(17-2)8-11-7-12(16)5-6-15(11)20-4/h5-7,9,14,17H,8H2,1-4H3. The molecule has 1 atom stereocenters. The average Bonchev–Trinajstić information content (AvgIpc) is 2.77. The second-order valence-electron chi connectivity index (χ2n) is 4.81. The smallest absolute Gasteiger partial charge is 0.122 e. The van der Waals surface area contributed by atoms with Crippen molar-refractivity contribution in [2.24, 2.45) is 7.05 Å². The van der Waals surface area contributed by atoms with Crippen molar-refractivity contribution in [2.45, 2.75) is 19.4 Å². The van der Waals surface area contributed by atoms with E-state index < -0.39 is 0 Å². The monoisotopic (exact) mass is 337 g/mol. The van der Waals surface area contributed by atoms with Gasteiger partial charge >= 0.3 is 0 Å². The third-order valence-electron chi connectivity index (χ3n) is 3.66. The summed E-state index contributed by atoms with van der Waals surface area (Å²) in [4.78, 5) is 0. The minimum absolute atomic E-state index is 0.215. The predicted octanol–water partition coefficient (Wildman–Crippen LogP) is 3.00. The molecule has 1 aromatic carbocycles. The lowest BCUT2D eigenvalue weighted by Gasteiger charge is -2.18. The zero-order valence-corrected chi connectivity index (χ0v) is 13.9. The van der Waals surface area contributed by atoms with Crippen LogP contribution in [0.25, 0.3) is 0 Å². The van der Waals surface area contributed by atoms with Crippen LogP contribution >= 0.6 is 15.9 Å². The van der Waals surface area contributed by atoms with Gasteiger partial charge in [-0.1, -0.05) is 15.9 Å². The van der Waals surface area contributed by atoms with Gasteiger partial charge in [0.25, 0.3) is 0 Å². The highest BCUT2D eigenvalue weighted by molar-refractivity contribution is 9.10. The van der Waals surface area contributed by atoms with E-state index in [1.807, 2.05) is 37.1 Å². The second kappa shape index (κ2) is 6.41. The Bertz CT molecular complexity index is 595. The van der Waals surface area contributed by atoms with Gasteiger partial charge in [-0.05, 0) is 44.2 Å². The Morgan fingerprint density at radius 3 is 2.75 bits per heavy atom. The number of hydrogen-bond acceptors (Lipinski definition) is 3. The number of benzene rings is 1. The maximum absolute atomic E-state index is 5.45. The highest BCUT2D eigenvalue weighted by atomic mass is 79.9. The predicted molar refractivity (Wildman–Crippen MR) is 84.1 cm³/mol. The molecule has 0 saturated heterocycles. The van der Waals surface area contributed by atoms with Crippen molar-refractivity contribution in [2.75, 3.05) is 14.2 Å². The summed E-state index contributed by atoms with van der Waals surface area (Å²) in [7, 11) is 5.64. The molecule has 0 bridgehead atoms. The molecule has 2 aromatic rings. The summed E-state index contributed by atoms with van der Waals surface area (Å²) in [5.41, 5.74) is 3.57. The van der Waals surface area contributed by atoms with Crippen LogP contribution in [0.1, 0.15) is 22.9 Å². The molecule has 4 nitrogen and oxygen atoms in total. The quantitative estimate of drug-likeness (QED) is 0.911. The first kappa shape index (κ1) is 15.1. The molecule has 1 heterocycles. The molecule has 1 unspecified atom stereocenters. The summed E-state index contributed by atoms with van der Waals surface area (Å²) in [5, 5.41) is 7.69. The summed E-state index contributed by atoms with van der Waals surface area (Å²) in [6.07, 6.45) is 2.78. The molecule has 20 heavy (non-hydrogen) atoms. The van der Waals surface area contributed by atoms with Crippen LogP contribution in [0.3, 0.4) is 0 Å². The van der Waals surface area contributed by atoms with E-state index >= 15 is 0 Å². The van der Waals surface area contributed by atoms with E-state index in [0.29, 0.717) is 0 Å². The zero-order valence-electron chi connectivity index (χ0n) is 12.3.